The van der Waals surface area contributed by atoms with E-state index in [-0.39, 0.29) is 16.3 Å². The number of hydrogen-bond acceptors (Lipinski definition) is 3. The molecule has 6 nitrogen and oxygen atoms in total. The topological polar surface area (TPSA) is 87.3 Å². The van der Waals surface area contributed by atoms with Gasteiger partial charge in [-0.25, -0.2) is 13.2 Å². The fourth-order valence-corrected chi connectivity index (χ4v) is 3.86. The van der Waals surface area contributed by atoms with E-state index in [0.29, 0.717) is 20.8 Å². The van der Waals surface area contributed by atoms with Crippen molar-refractivity contribution < 1.29 is 13.2 Å². The second kappa shape index (κ2) is 8.92. The first-order valence-electron chi connectivity index (χ1n) is 8.15. The molecule has 2 amide bonds. The van der Waals surface area contributed by atoms with Crippen LogP contribution in [0.15, 0.2) is 71.6 Å². The van der Waals surface area contributed by atoms with Crippen molar-refractivity contribution in [3.63, 3.8) is 0 Å². The maximum Gasteiger partial charge on any atom is 0.323 e. The summed E-state index contributed by atoms with van der Waals surface area (Å²) in [4.78, 5) is 12.4. The first kappa shape index (κ1) is 21.3. The van der Waals surface area contributed by atoms with E-state index < -0.39 is 16.1 Å². The fourth-order valence-electron chi connectivity index (χ4n) is 2.36. The number of carbonyl (C=O) groups excluding carboxylic acids is 1. The van der Waals surface area contributed by atoms with Crippen LogP contribution < -0.4 is 15.4 Å². The van der Waals surface area contributed by atoms with Gasteiger partial charge in [0.25, 0.3) is 10.0 Å². The number of amides is 2. The second-order valence-corrected chi connectivity index (χ2v) is 8.75. The average molecular weight is 471 g/mol. The molecule has 0 radical (unpaired) electrons. The standard InChI is InChI=1S/C19H14Cl3N3O3S/c20-12-5-8-14(9-6-12)29(27,28)25-18-4-2-1-3-17(18)24-19(26)23-13-7-10-15(21)16(22)11-13/h1-11,25H,(H2,23,24,26). The molecular formula is C19H14Cl3N3O3S. The number of urea groups is 1. The first-order chi connectivity index (χ1) is 13.7. The fraction of sp³-hybridized carbons (Fsp3) is 0. The van der Waals surface area contributed by atoms with Gasteiger partial charge < -0.3 is 10.6 Å². The van der Waals surface area contributed by atoms with Gasteiger partial charge in [0.05, 0.1) is 26.3 Å². The first-order valence-corrected chi connectivity index (χ1v) is 10.8. The maximum atomic E-state index is 12.6. The molecule has 0 bridgehead atoms. The van der Waals surface area contributed by atoms with Crippen molar-refractivity contribution in [2.75, 3.05) is 15.4 Å². The number of nitrogens with one attached hydrogen (secondary N) is 3. The number of anilines is 3. The molecule has 3 rings (SSSR count). The molecule has 3 aromatic rings. The van der Waals surface area contributed by atoms with E-state index in [1.807, 2.05) is 0 Å². The lowest BCUT2D eigenvalue weighted by Gasteiger charge is -2.14. The molecule has 0 aliphatic rings. The third-order valence-electron chi connectivity index (χ3n) is 3.72. The van der Waals surface area contributed by atoms with Gasteiger partial charge in [0.15, 0.2) is 0 Å². The predicted octanol–water partition coefficient (Wildman–Crippen LogP) is 6.09. The van der Waals surface area contributed by atoms with E-state index in [0.717, 1.165) is 0 Å². The van der Waals surface area contributed by atoms with Gasteiger partial charge in [-0.2, -0.15) is 0 Å². The van der Waals surface area contributed by atoms with Crippen molar-refractivity contribution in [1.82, 2.24) is 0 Å². The lowest BCUT2D eigenvalue weighted by molar-refractivity contribution is 0.262. The number of sulfonamides is 1. The number of halogens is 3. The van der Waals surface area contributed by atoms with Gasteiger partial charge in [-0.05, 0) is 54.6 Å². The Morgan fingerprint density at radius 3 is 2.07 bits per heavy atom. The molecule has 0 spiro atoms. The highest BCUT2D eigenvalue weighted by Crippen LogP contribution is 2.27. The van der Waals surface area contributed by atoms with Gasteiger partial charge in [-0.3, -0.25) is 4.72 Å². The maximum absolute atomic E-state index is 12.6. The van der Waals surface area contributed by atoms with Gasteiger partial charge in [-0.15, -0.1) is 0 Å². The SMILES string of the molecule is O=C(Nc1ccc(Cl)c(Cl)c1)Nc1ccccc1NS(=O)(=O)c1ccc(Cl)cc1. The summed E-state index contributed by atoms with van der Waals surface area (Å²) in [5.74, 6) is 0. The smallest absolute Gasteiger partial charge is 0.308 e. The van der Waals surface area contributed by atoms with Crippen molar-refractivity contribution in [1.29, 1.82) is 0 Å². The third-order valence-corrected chi connectivity index (χ3v) is 6.09. The molecule has 0 aromatic heterocycles. The van der Waals surface area contributed by atoms with Crippen LogP contribution in [0, 0.1) is 0 Å². The summed E-state index contributed by atoms with van der Waals surface area (Å²) in [6, 6.07) is 16.2. The minimum absolute atomic E-state index is 0.0389. The third kappa shape index (κ3) is 5.55. The highest BCUT2D eigenvalue weighted by atomic mass is 35.5. The second-order valence-electron chi connectivity index (χ2n) is 5.81. The molecule has 0 atom stereocenters. The largest absolute Gasteiger partial charge is 0.323 e. The Hall–Kier alpha value is -2.45. The molecule has 0 fully saturated rings. The van der Waals surface area contributed by atoms with E-state index in [1.54, 1.807) is 30.3 Å². The van der Waals surface area contributed by atoms with Crippen LogP contribution in [-0.4, -0.2) is 14.4 Å². The number of benzene rings is 3. The zero-order chi connectivity index (χ0) is 21.0. The summed E-state index contributed by atoms with van der Waals surface area (Å²) >= 11 is 17.6. The van der Waals surface area contributed by atoms with Gasteiger partial charge in [-0.1, -0.05) is 46.9 Å². The molecule has 0 saturated heterocycles. The summed E-state index contributed by atoms with van der Waals surface area (Å²) in [6.45, 7) is 0. The van der Waals surface area contributed by atoms with Crippen molar-refractivity contribution in [3.05, 3.63) is 81.8 Å². The van der Waals surface area contributed by atoms with Crippen molar-refractivity contribution >= 4 is 67.9 Å². The van der Waals surface area contributed by atoms with Crippen molar-refractivity contribution in [2.45, 2.75) is 4.90 Å². The van der Waals surface area contributed by atoms with E-state index in [2.05, 4.69) is 15.4 Å². The van der Waals surface area contributed by atoms with Crippen LogP contribution in [0.5, 0.6) is 0 Å². The van der Waals surface area contributed by atoms with Crippen LogP contribution in [0.2, 0.25) is 15.1 Å². The van der Waals surface area contributed by atoms with Crippen LogP contribution in [-0.2, 0) is 10.0 Å². The van der Waals surface area contributed by atoms with E-state index in [9.17, 15) is 13.2 Å². The summed E-state index contributed by atoms with van der Waals surface area (Å²) < 4.78 is 27.7. The monoisotopic (exact) mass is 469 g/mol. The Morgan fingerprint density at radius 1 is 0.759 bits per heavy atom. The zero-order valence-corrected chi connectivity index (χ0v) is 17.7. The number of rotatable bonds is 5. The lowest BCUT2D eigenvalue weighted by Crippen LogP contribution is -2.21. The van der Waals surface area contributed by atoms with Crippen LogP contribution >= 0.6 is 34.8 Å². The molecule has 29 heavy (non-hydrogen) atoms. The van der Waals surface area contributed by atoms with Crippen molar-refractivity contribution in [3.8, 4) is 0 Å². The number of hydrogen-bond donors (Lipinski definition) is 3. The summed E-state index contributed by atoms with van der Waals surface area (Å²) in [5, 5.41) is 6.28. The van der Waals surface area contributed by atoms with E-state index in [4.69, 9.17) is 34.8 Å². The van der Waals surface area contributed by atoms with E-state index in [1.165, 1.54) is 36.4 Å². The summed E-state index contributed by atoms with van der Waals surface area (Å²) in [6.07, 6.45) is 0. The molecular weight excluding hydrogens is 457 g/mol. The van der Waals surface area contributed by atoms with E-state index >= 15 is 0 Å². The highest BCUT2D eigenvalue weighted by Gasteiger charge is 2.17. The number of carbonyl (C=O) groups is 1. The molecule has 0 aliphatic heterocycles. The minimum atomic E-state index is -3.87. The van der Waals surface area contributed by atoms with Crippen LogP contribution in [0.4, 0.5) is 21.9 Å². The highest BCUT2D eigenvalue weighted by molar-refractivity contribution is 7.92. The molecule has 3 N–H and O–H groups in total. The Morgan fingerprint density at radius 2 is 1.41 bits per heavy atom. The predicted molar refractivity (Wildman–Crippen MR) is 118 cm³/mol. The Balaban J connectivity index is 1.77. The van der Waals surface area contributed by atoms with Crippen molar-refractivity contribution in [2.24, 2.45) is 0 Å². The minimum Gasteiger partial charge on any atom is -0.308 e. The molecule has 3 aromatic carbocycles. The number of para-hydroxylation sites is 2. The van der Waals surface area contributed by atoms with Gasteiger partial charge in [0, 0.05) is 10.7 Å². The molecule has 0 unspecified atom stereocenters. The van der Waals surface area contributed by atoms with Gasteiger partial charge in [0.2, 0.25) is 0 Å². The molecule has 0 aliphatic carbocycles. The molecule has 10 heteroatoms. The Bertz CT molecular complexity index is 1150. The normalized spacial score (nSPS) is 11.0. The molecule has 150 valence electrons. The van der Waals surface area contributed by atoms with Crippen LogP contribution in [0.25, 0.3) is 0 Å². The molecule has 0 saturated carbocycles. The zero-order valence-electron chi connectivity index (χ0n) is 14.6. The summed E-state index contributed by atoms with van der Waals surface area (Å²) in [5.41, 5.74) is 0.894. The average Bonchev–Trinajstić information content (AvgIpc) is 2.66. The summed E-state index contributed by atoms with van der Waals surface area (Å²) in [7, 11) is -3.87. The van der Waals surface area contributed by atoms with Gasteiger partial charge in [0.1, 0.15) is 0 Å². The Labute approximate surface area is 182 Å². The molecule has 0 heterocycles. The quantitative estimate of drug-likeness (QED) is 0.421. The van der Waals surface area contributed by atoms with Crippen LogP contribution in [0.1, 0.15) is 0 Å². The Kier molecular flexibility index (Phi) is 6.54. The van der Waals surface area contributed by atoms with Gasteiger partial charge >= 0.3 is 6.03 Å². The van der Waals surface area contributed by atoms with Crippen LogP contribution in [0.3, 0.4) is 0 Å². The lowest BCUT2D eigenvalue weighted by atomic mass is 10.3.